The van der Waals surface area contributed by atoms with Gasteiger partial charge in [0.25, 0.3) is 0 Å². The van der Waals surface area contributed by atoms with Crippen molar-refractivity contribution >= 4 is 29.9 Å². The van der Waals surface area contributed by atoms with Crippen LogP contribution in [-0.2, 0) is 12.0 Å². The Hall–Kier alpha value is -1.83. The second kappa shape index (κ2) is 10.5. The van der Waals surface area contributed by atoms with Gasteiger partial charge in [-0.15, -0.1) is 24.0 Å². The summed E-state index contributed by atoms with van der Waals surface area (Å²) in [6.07, 6.45) is 6.75. The molecule has 0 unspecified atom stereocenters. The number of benzene rings is 1. The van der Waals surface area contributed by atoms with E-state index in [4.69, 9.17) is 4.74 Å². The molecule has 146 valence electrons. The van der Waals surface area contributed by atoms with Crippen LogP contribution < -0.4 is 15.4 Å². The molecule has 0 bridgehead atoms. The zero-order valence-electron chi connectivity index (χ0n) is 16.1. The number of nitrogens with zero attached hydrogens (tertiary/aromatic N) is 2. The first-order chi connectivity index (χ1) is 12.8. The second-order valence-corrected chi connectivity index (χ2v) is 6.80. The Morgan fingerprint density at radius 2 is 1.85 bits per heavy atom. The molecule has 1 saturated carbocycles. The van der Waals surface area contributed by atoms with Gasteiger partial charge >= 0.3 is 0 Å². The van der Waals surface area contributed by atoms with Crippen molar-refractivity contribution in [2.45, 2.75) is 37.6 Å². The third-order valence-corrected chi connectivity index (χ3v) is 5.25. The maximum Gasteiger partial charge on any atom is 0.218 e. The summed E-state index contributed by atoms with van der Waals surface area (Å²) in [4.78, 5) is 8.62. The Balaban J connectivity index is 0.00000261. The summed E-state index contributed by atoms with van der Waals surface area (Å²) in [5.41, 5.74) is 2.64. The number of nitrogens with one attached hydrogen (secondary N) is 2. The topological polar surface area (TPSA) is 58.5 Å². The van der Waals surface area contributed by atoms with Crippen LogP contribution in [0.5, 0.6) is 5.88 Å². The van der Waals surface area contributed by atoms with Crippen molar-refractivity contribution in [2.24, 2.45) is 4.99 Å². The minimum Gasteiger partial charge on any atom is -0.481 e. The second-order valence-electron chi connectivity index (χ2n) is 6.80. The maximum atomic E-state index is 5.31. The number of rotatable bonds is 6. The summed E-state index contributed by atoms with van der Waals surface area (Å²) in [5.74, 6) is 1.45. The first kappa shape index (κ1) is 21.5. The Labute approximate surface area is 179 Å². The van der Waals surface area contributed by atoms with Crippen LogP contribution in [0.3, 0.4) is 0 Å². The van der Waals surface area contributed by atoms with Crippen LogP contribution in [0.25, 0.3) is 0 Å². The van der Waals surface area contributed by atoms with E-state index in [2.05, 4.69) is 50.9 Å². The lowest BCUT2D eigenvalue weighted by molar-refractivity contribution is 0.391. The Morgan fingerprint density at radius 1 is 1.11 bits per heavy atom. The first-order valence-electron chi connectivity index (χ1n) is 9.25. The van der Waals surface area contributed by atoms with E-state index in [9.17, 15) is 0 Å². The Kier molecular flexibility index (Phi) is 8.34. The summed E-state index contributed by atoms with van der Waals surface area (Å²) >= 11 is 0. The zero-order chi connectivity index (χ0) is 18.2. The minimum atomic E-state index is 0. The highest BCUT2D eigenvalue weighted by molar-refractivity contribution is 14.0. The van der Waals surface area contributed by atoms with Crippen LogP contribution in [0, 0.1) is 0 Å². The fraction of sp³-hybridized carbons (Fsp3) is 0.429. The van der Waals surface area contributed by atoms with Crippen molar-refractivity contribution in [1.82, 2.24) is 15.6 Å². The number of hydrogen-bond donors (Lipinski definition) is 2. The predicted octanol–water partition coefficient (Wildman–Crippen LogP) is 3.89. The van der Waals surface area contributed by atoms with Crippen molar-refractivity contribution in [2.75, 3.05) is 20.7 Å². The highest BCUT2D eigenvalue weighted by atomic mass is 127. The predicted molar refractivity (Wildman–Crippen MR) is 121 cm³/mol. The molecule has 0 amide bonds. The first-order valence-corrected chi connectivity index (χ1v) is 9.25. The largest absolute Gasteiger partial charge is 0.481 e. The lowest BCUT2D eigenvalue weighted by atomic mass is 9.79. The minimum absolute atomic E-state index is 0. The molecule has 2 N–H and O–H groups in total. The summed E-state index contributed by atoms with van der Waals surface area (Å²) in [6.45, 7) is 1.51. The highest BCUT2D eigenvalue weighted by Crippen LogP contribution is 2.40. The number of aromatic nitrogens is 1. The van der Waals surface area contributed by atoms with Gasteiger partial charge in [0, 0.05) is 37.3 Å². The molecule has 1 aromatic carbocycles. The normalized spacial score (nSPS) is 15.7. The summed E-state index contributed by atoms with van der Waals surface area (Å²) < 4.78 is 5.31. The number of hydrogen-bond acceptors (Lipinski definition) is 3. The van der Waals surface area contributed by atoms with Crippen LogP contribution in [0.2, 0.25) is 0 Å². The standard InChI is InChI=1S/C21H28N4O.HI/c1-22-20(24-15-17-9-8-14-23-19(17)26-2)25-16-21(12-6-7-13-21)18-10-4-3-5-11-18;/h3-5,8-11,14H,6-7,12-13,15-16H2,1-2H3,(H2,22,24,25);1H. The van der Waals surface area contributed by atoms with E-state index in [1.54, 1.807) is 20.4 Å². The SMILES string of the molecule is CN=C(NCc1cccnc1OC)NCC1(c2ccccc2)CCCC1.I. The highest BCUT2D eigenvalue weighted by Gasteiger charge is 2.35. The van der Waals surface area contributed by atoms with E-state index in [1.807, 2.05) is 12.1 Å². The molecule has 5 nitrogen and oxygen atoms in total. The van der Waals surface area contributed by atoms with Gasteiger partial charge in [0.2, 0.25) is 5.88 Å². The monoisotopic (exact) mass is 480 g/mol. The van der Waals surface area contributed by atoms with E-state index in [0.717, 1.165) is 18.1 Å². The van der Waals surface area contributed by atoms with Crippen molar-refractivity contribution in [3.63, 3.8) is 0 Å². The molecule has 0 aliphatic heterocycles. The van der Waals surface area contributed by atoms with Gasteiger partial charge in [-0.3, -0.25) is 4.99 Å². The molecular formula is C21H29IN4O. The van der Waals surface area contributed by atoms with Gasteiger partial charge in [-0.25, -0.2) is 4.98 Å². The average Bonchev–Trinajstić information content (AvgIpc) is 3.19. The van der Waals surface area contributed by atoms with E-state index < -0.39 is 0 Å². The van der Waals surface area contributed by atoms with Crippen molar-refractivity contribution < 1.29 is 4.74 Å². The van der Waals surface area contributed by atoms with Crippen molar-refractivity contribution in [3.8, 4) is 5.88 Å². The van der Waals surface area contributed by atoms with Gasteiger partial charge in [0.1, 0.15) is 0 Å². The third-order valence-electron chi connectivity index (χ3n) is 5.25. The van der Waals surface area contributed by atoms with Gasteiger partial charge in [0.15, 0.2) is 5.96 Å². The fourth-order valence-corrected chi connectivity index (χ4v) is 3.81. The van der Waals surface area contributed by atoms with E-state index >= 15 is 0 Å². The molecule has 1 heterocycles. The molecule has 3 rings (SSSR count). The van der Waals surface area contributed by atoms with Gasteiger partial charge in [-0.1, -0.05) is 49.2 Å². The molecule has 1 aromatic heterocycles. The molecule has 0 atom stereocenters. The number of methoxy groups -OCH3 is 1. The van der Waals surface area contributed by atoms with Crippen molar-refractivity contribution in [3.05, 3.63) is 59.8 Å². The average molecular weight is 480 g/mol. The summed E-state index contributed by atoms with van der Waals surface area (Å²) in [6, 6.07) is 14.8. The van der Waals surface area contributed by atoms with Gasteiger partial charge in [-0.2, -0.15) is 0 Å². The lowest BCUT2D eigenvalue weighted by Gasteiger charge is -2.30. The number of aliphatic imine (C=N–C) groups is 1. The zero-order valence-corrected chi connectivity index (χ0v) is 18.4. The molecule has 1 aliphatic rings. The molecule has 1 aliphatic carbocycles. The van der Waals surface area contributed by atoms with E-state index in [0.29, 0.717) is 12.4 Å². The van der Waals surface area contributed by atoms with Crippen LogP contribution in [0.4, 0.5) is 0 Å². The molecule has 2 aromatic rings. The summed E-state index contributed by atoms with van der Waals surface area (Å²) in [7, 11) is 3.45. The number of halogens is 1. The Bertz CT molecular complexity index is 730. The number of pyridine rings is 1. The Morgan fingerprint density at radius 3 is 2.52 bits per heavy atom. The van der Waals surface area contributed by atoms with Gasteiger partial charge < -0.3 is 15.4 Å². The molecule has 6 heteroatoms. The van der Waals surface area contributed by atoms with Crippen LogP contribution in [0.15, 0.2) is 53.7 Å². The summed E-state index contributed by atoms with van der Waals surface area (Å²) in [5, 5.41) is 6.91. The maximum absolute atomic E-state index is 5.31. The van der Waals surface area contributed by atoms with Crippen molar-refractivity contribution in [1.29, 1.82) is 0 Å². The molecule has 0 radical (unpaired) electrons. The molecular weight excluding hydrogens is 451 g/mol. The smallest absolute Gasteiger partial charge is 0.218 e. The number of ether oxygens (including phenoxy) is 1. The fourth-order valence-electron chi connectivity index (χ4n) is 3.81. The van der Waals surface area contributed by atoms with Gasteiger partial charge in [0.05, 0.1) is 7.11 Å². The van der Waals surface area contributed by atoms with Crippen LogP contribution in [-0.4, -0.2) is 31.6 Å². The number of guanidine groups is 1. The van der Waals surface area contributed by atoms with Gasteiger partial charge in [-0.05, 0) is 24.5 Å². The third kappa shape index (κ3) is 5.34. The molecule has 0 saturated heterocycles. The van der Waals surface area contributed by atoms with Crippen LogP contribution in [0.1, 0.15) is 36.8 Å². The van der Waals surface area contributed by atoms with Crippen LogP contribution >= 0.6 is 24.0 Å². The van der Waals surface area contributed by atoms with E-state index in [-0.39, 0.29) is 29.4 Å². The molecule has 0 spiro atoms. The molecule has 1 fully saturated rings. The quantitative estimate of drug-likeness (QED) is 0.374. The molecule has 27 heavy (non-hydrogen) atoms. The lowest BCUT2D eigenvalue weighted by Crippen LogP contribution is -2.44. The van der Waals surface area contributed by atoms with E-state index in [1.165, 1.54) is 31.2 Å².